The van der Waals surface area contributed by atoms with Crippen LogP contribution in [-0.4, -0.2) is 19.9 Å². The van der Waals surface area contributed by atoms with Crippen LogP contribution in [-0.2, 0) is 38.6 Å². The number of phenols is 1. The zero-order valence-electron chi connectivity index (χ0n) is 24.8. The van der Waals surface area contributed by atoms with E-state index in [4.69, 9.17) is 9.97 Å². The first-order valence-corrected chi connectivity index (χ1v) is 13.5. The van der Waals surface area contributed by atoms with Crippen LogP contribution >= 0.6 is 0 Å². The molecule has 2 aromatic heterocycles. The third-order valence-corrected chi connectivity index (χ3v) is 7.25. The van der Waals surface area contributed by atoms with Crippen molar-refractivity contribution in [1.29, 1.82) is 0 Å². The summed E-state index contributed by atoms with van der Waals surface area (Å²) in [5.41, 5.74) is 7.85. The molecule has 0 unspecified atom stereocenters. The first-order valence-electron chi connectivity index (χ1n) is 13.5. The van der Waals surface area contributed by atoms with Gasteiger partial charge in [0.1, 0.15) is 5.75 Å². The van der Waals surface area contributed by atoms with Gasteiger partial charge >= 0.3 is 0 Å². The SMILES string of the molecule is CC(C)(C)c1cc(-c2cccc3nc(-c4cc(C(C)(C)C)cc(C(C)(C)C)c4O)[n-]c23)[c-]c(-n2cccn2)c1.[Au]. The number of imidazole rings is 1. The van der Waals surface area contributed by atoms with Crippen molar-refractivity contribution in [2.45, 2.75) is 78.6 Å². The van der Waals surface area contributed by atoms with Gasteiger partial charge in [-0.15, -0.1) is 29.3 Å². The Kier molecular flexibility index (Phi) is 7.74. The molecule has 40 heavy (non-hydrogen) atoms. The number of fused-ring (bicyclic) bond motifs is 1. The number of para-hydroxylation sites is 1. The van der Waals surface area contributed by atoms with E-state index in [0.29, 0.717) is 11.4 Å². The zero-order chi connectivity index (χ0) is 28.3. The van der Waals surface area contributed by atoms with E-state index in [1.165, 1.54) is 5.56 Å². The van der Waals surface area contributed by atoms with Gasteiger partial charge in [-0.1, -0.05) is 97.7 Å². The summed E-state index contributed by atoms with van der Waals surface area (Å²) in [7, 11) is 0. The number of rotatable bonds is 3. The fraction of sp³-hybridized carbons (Fsp3) is 0.353. The Morgan fingerprint density at radius 2 is 1.48 bits per heavy atom. The number of benzene rings is 3. The first kappa shape index (κ1) is 29.9. The Balaban J connectivity index is 0.00000370. The molecule has 5 rings (SSSR count). The zero-order valence-corrected chi connectivity index (χ0v) is 27.0. The van der Waals surface area contributed by atoms with Gasteiger partial charge < -0.3 is 15.1 Å². The van der Waals surface area contributed by atoms with Crippen LogP contribution in [0.4, 0.5) is 0 Å². The van der Waals surface area contributed by atoms with E-state index in [0.717, 1.165) is 39.0 Å². The molecule has 0 atom stereocenters. The number of aromatic hydroxyl groups is 1. The molecule has 0 spiro atoms. The second kappa shape index (κ2) is 10.4. The maximum absolute atomic E-state index is 11.5. The van der Waals surface area contributed by atoms with Gasteiger partial charge in [0.15, 0.2) is 0 Å². The van der Waals surface area contributed by atoms with Gasteiger partial charge in [-0.3, -0.25) is 4.68 Å². The molecule has 5 nitrogen and oxygen atoms in total. The fourth-order valence-electron chi connectivity index (χ4n) is 4.80. The minimum Gasteiger partial charge on any atom is -0.507 e. The number of phenolic OH excluding ortho intramolecular Hbond substituents is 1. The molecular formula is C34H38AuN4O-2. The van der Waals surface area contributed by atoms with E-state index >= 15 is 0 Å². The van der Waals surface area contributed by atoms with Crippen molar-refractivity contribution >= 4 is 11.0 Å². The normalized spacial score (nSPS) is 12.5. The van der Waals surface area contributed by atoms with Crippen molar-refractivity contribution in [3.63, 3.8) is 0 Å². The average Bonchev–Trinajstić information content (AvgIpc) is 3.52. The van der Waals surface area contributed by atoms with Gasteiger partial charge in [-0.25, -0.2) is 0 Å². The first-order chi connectivity index (χ1) is 18.1. The van der Waals surface area contributed by atoms with E-state index in [1.807, 2.05) is 35.1 Å². The fourth-order valence-corrected chi connectivity index (χ4v) is 4.80. The van der Waals surface area contributed by atoms with Gasteiger partial charge in [0, 0.05) is 45.9 Å². The van der Waals surface area contributed by atoms with Crippen LogP contribution in [0.25, 0.3) is 39.2 Å². The van der Waals surface area contributed by atoms with Crippen molar-refractivity contribution in [2.24, 2.45) is 0 Å². The molecule has 6 heteroatoms. The molecule has 0 aliphatic carbocycles. The third kappa shape index (κ3) is 5.69. The quantitative estimate of drug-likeness (QED) is 0.152. The Labute approximate surface area is 253 Å². The van der Waals surface area contributed by atoms with E-state index in [2.05, 4.69) is 97.7 Å². The van der Waals surface area contributed by atoms with Gasteiger partial charge in [0.25, 0.3) is 0 Å². The van der Waals surface area contributed by atoms with Crippen LogP contribution in [0.15, 0.2) is 60.9 Å². The van der Waals surface area contributed by atoms with E-state index in [1.54, 1.807) is 6.20 Å². The summed E-state index contributed by atoms with van der Waals surface area (Å²) in [5, 5.41) is 15.9. The number of hydrogen-bond acceptors (Lipinski definition) is 3. The maximum atomic E-state index is 11.5. The third-order valence-electron chi connectivity index (χ3n) is 7.25. The second-order valence-electron chi connectivity index (χ2n) is 13.5. The standard InChI is InChI=1S/C34H38N4O.Au/c1-32(2,3)22-16-21(17-24(18-22)38-15-11-14-35-38)25-12-10-13-28-29(25)37-31(36-28)26-19-23(33(4,5)6)20-27(30(26)39)34(7,8)9;/h10-16,18-20H,1-9H3,(H-,36,37,39);/q-2;. The molecule has 213 valence electrons. The summed E-state index contributed by atoms with van der Waals surface area (Å²) in [6, 6.07) is 20.0. The van der Waals surface area contributed by atoms with Crippen LogP contribution < -0.4 is 4.98 Å². The molecule has 0 saturated heterocycles. The molecule has 1 radical (unpaired) electrons. The molecule has 3 aromatic carbocycles. The number of nitrogens with zero attached hydrogens (tertiary/aromatic N) is 4. The Hall–Kier alpha value is -3.12. The van der Waals surface area contributed by atoms with E-state index in [-0.39, 0.29) is 44.4 Å². The van der Waals surface area contributed by atoms with Gasteiger partial charge in [-0.2, -0.15) is 5.10 Å². The molecule has 0 aliphatic rings. The molecule has 0 bridgehead atoms. The molecule has 0 saturated carbocycles. The Bertz CT molecular complexity index is 1660. The largest absolute Gasteiger partial charge is 0.507 e. The van der Waals surface area contributed by atoms with Gasteiger partial charge in [0.2, 0.25) is 0 Å². The van der Waals surface area contributed by atoms with Crippen molar-refractivity contribution in [1.82, 2.24) is 19.7 Å². The number of hydrogen-bond donors (Lipinski definition) is 1. The van der Waals surface area contributed by atoms with Crippen molar-refractivity contribution in [2.75, 3.05) is 0 Å². The van der Waals surface area contributed by atoms with Crippen LogP contribution in [0.1, 0.15) is 79.0 Å². The van der Waals surface area contributed by atoms with Crippen molar-refractivity contribution in [3.8, 4) is 34.0 Å². The molecule has 0 amide bonds. The Morgan fingerprint density at radius 3 is 2.08 bits per heavy atom. The predicted octanol–water partition coefficient (Wildman–Crippen LogP) is 8.11. The predicted molar refractivity (Wildman–Crippen MR) is 160 cm³/mol. The van der Waals surface area contributed by atoms with Crippen LogP contribution in [0.3, 0.4) is 0 Å². The molecule has 0 fully saturated rings. The van der Waals surface area contributed by atoms with Gasteiger partial charge in [0.05, 0.1) is 0 Å². The summed E-state index contributed by atoms with van der Waals surface area (Å²) in [6.45, 7) is 19.5. The molecule has 5 aromatic rings. The van der Waals surface area contributed by atoms with E-state index in [9.17, 15) is 5.11 Å². The minimum atomic E-state index is -0.234. The maximum Gasteiger partial charge on any atom is 0.126 e. The molecule has 1 N–H and O–H groups in total. The monoisotopic (exact) mass is 715 g/mol. The van der Waals surface area contributed by atoms with Crippen LogP contribution in [0.2, 0.25) is 0 Å². The Morgan fingerprint density at radius 1 is 0.800 bits per heavy atom. The van der Waals surface area contributed by atoms with Crippen molar-refractivity contribution < 1.29 is 27.5 Å². The van der Waals surface area contributed by atoms with Crippen molar-refractivity contribution in [3.05, 3.63) is 83.7 Å². The summed E-state index contributed by atoms with van der Waals surface area (Å²) in [6.07, 6.45) is 3.71. The summed E-state index contributed by atoms with van der Waals surface area (Å²) in [4.78, 5) is 9.95. The van der Waals surface area contributed by atoms with E-state index < -0.39 is 0 Å². The molecule has 0 aliphatic heterocycles. The topological polar surface area (TPSA) is 65.0 Å². The van der Waals surface area contributed by atoms with Crippen LogP contribution in [0.5, 0.6) is 5.75 Å². The smallest absolute Gasteiger partial charge is 0.126 e. The average molecular weight is 716 g/mol. The van der Waals surface area contributed by atoms with Gasteiger partial charge in [-0.05, 0) is 51.0 Å². The second-order valence-corrected chi connectivity index (χ2v) is 13.5. The summed E-state index contributed by atoms with van der Waals surface area (Å²) >= 11 is 0. The molecular weight excluding hydrogens is 677 g/mol. The molecule has 2 heterocycles. The summed E-state index contributed by atoms with van der Waals surface area (Å²) in [5.74, 6) is 0.778. The van der Waals surface area contributed by atoms with Crippen LogP contribution in [0, 0.1) is 6.07 Å². The minimum absolute atomic E-state index is 0. The number of aromatic nitrogens is 4. The summed E-state index contributed by atoms with van der Waals surface area (Å²) < 4.78 is 1.84.